The zero-order valence-corrected chi connectivity index (χ0v) is 38.7. The molecule has 14 rings (SSSR count). The molecule has 14 aromatic rings. The summed E-state index contributed by atoms with van der Waals surface area (Å²) in [7, 11) is 0. The Kier molecular flexibility index (Phi) is 9.29. The minimum atomic E-state index is 0.520. The van der Waals surface area contributed by atoms with Crippen LogP contribution in [0.15, 0.2) is 237 Å². The van der Waals surface area contributed by atoms with Gasteiger partial charge in [-0.2, -0.15) is 15.0 Å². The summed E-state index contributed by atoms with van der Waals surface area (Å²) in [6.07, 6.45) is 12.5. The smallest absolute Gasteiger partial charge is 0.240 e. The molecule has 0 radical (unpaired) electrons. The first-order chi connectivity index (χ1) is 35.2. The molecule has 0 aliphatic carbocycles. The highest BCUT2D eigenvalue weighted by atomic mass is 15.3. The summed E-state index contributed by atoms with van der Waals surface area (Å²) in [4.78, 5) is 16.8. The molecule has 0 fully saturated rings. The summed E-state index contributed by atoms with van der Waals surface area (Å²) < 4.78 is 9.26. The third kappa shape index (κ3) is 6.26. The van der Waals surface area contributed by atoms with E-state index in [9.17, 15) is 0 Å². The highest BCUT2D eigenvalue weighted by molar-refractivity contribution is 6.25. The van der Waals surface area contributed by atoms with Crippen LogP contribution in [0.25, 0.3) is 134 Å². The topological polar surface area (TPSA) is 58.4 Å². The number of hydrogen-bond donors (Lipinski definition) is 0. The molecule has 0 N–H and O–H groups in total. The SMILES string of the molecule is C\C=C/C=C\C=C\n1c2ccccc2c2ccc3c4ccccc4n(-c4nc(-c5ccc(-c6ccccc6)cc5)nc(-n5c6ccccc6c6ccc7c8ccccc8n(-c8ccccc8)c7c65)n4)c3c21. The van der Waals surface area contributed by atoms with E-state index in [-0.39, 0.29) is 0 Å². The van der Waals surface area contributed by atoms with Gasteiger partial charge in [0.05, 0.1) is 44.1 Å². The Morgan fingerprint density at radius 1 is 0.310 bits per heavy atom. The number of aromatic nitrogens is 7. The first-order valence-corrected chi connectivity index (χ1v) is 24.1. The monoisotopic (exact) mass is 909 g/mol. The van der Waals surface area contributed by atoms with Crippen molar-refractivity contribution in [2.24, 2.45) is 0 Å². The number of allylic oxidation sites excluding steroid dienone is 5. The maximum Gasteiger partial charge on any atom is 0.240 e. The second-order valence-electron chi connectivity index (χ2n) is 18.0. The number of para-hydroxylation sites is 5. The average Bonchev–Trinajstić information content (AvgIpc) is 4.17. The third-order valence-corrected chi connectivity index (χ3v) is 14.0. The Hall–Kier alpha value is -9.59. The van der Waals surface area contributed by atoms with Crippen molar-refractivity contribution < 1.29 is 0 Å². The molecule has 334 valence electrons. The highest BCUT2D eigenvalue weighted by Gasteiger charge is 2.26. The van der Waals surface area contributed by atoms with Gasteiger partial charge in [0.2, 0.25) is 11.9 Å². The van der Waals surface area contributed by atoms with Gasteiger partial charge in [0.25, 0.3) is 0 Å². The van der Waals surface area contributed by atoms with Gasteiger partial charge in [-0.1, -0.05) is 194 Å². The van der Waals surface area contributed by atoms with Crippen molar-refractivity contribution in [3.05, 3.63) is 237 Å². The van der Waals surface area contributed by atoms with Crippen molar-refractivity contribution in [3.63, 3.8) is 0 Å². The average molecular weight is 910 g/mol. The van der Waals surface area contributed by atoms with E-state index in [4.69, 9.17) is 15.0 Å². The van der Waals surface area contributed by atoms with Crippen LogP contribution in [0.4, 0.5) is 0 Å². The van der Waals surface area contributed by atoms with Gasteiger partial charge in [0.15, 0.2) is 5.82 Å². The lowest BCUT2D eigenvalue weighted by Gasteiger charge is -2.15. The predicted molar refractivity (Wildman–Crippen MR) is 296 cm³/mol. The van der Waals surface area contributed by atoms with E-state index >= 15 is 0 Å². The lowest BCUT2D eigenvalue weighted by Crippen LogP contribution is -2.11. The summed E-state index contributed by atoms with van der Waals surface area (Å²) in [5, 5.41) is 9.09. The largest absolute Gasteiger partial charge is 0.314 e. The molecule has 71 heavy (non-hydrogen) atoms. The molecule has 0 bridgehead atoms. The first-order valence-electron chi connectivity index (χ1n) is 24.1. The summed E-state index contributed by atoms with van der Waals surface area (Å²) in [5.41, 5.74) is 12.7. The van der Waals surface area contributed by atoms with Gasteiger partial charge in [0, 0.05) is 60.5 Å². The normalized spacial score (nSPS) is 12.4. The summed E-state index contributed by atoms with van der Waals surface area (Å²) >= 11 is 0. The molecule has 0 aliphatic rings. The molecular formula is C64H43N7. The fourth-order valence-electron chi connectivity index (χ4n) is 11.0. The molecule has 0 aliphatic heterocycles. The Bertz CT molecular complexity index is 4510. The van der Waals surface area contributed by atoms with Gasteiger partial charge in [-0.15, -0.1) is 0 Å². The molecule has 5 aromatic heterocycles. The van der Waals surface area contributed by atoms with Crippen LogP contribution in [0.5, 0.6) is 0 Å². The maximum atomic E-state index is 5.71. The minimum absolute atomic E-state index is 0.520. The van der Waals surface area contributed by atoms with Crippen molar-refractivity contribution in [2.75, 3.05) is 0 Å². The van der Waals surface area contributed by atoms with E-state index < -0.39 is 0 Å². The predicted octanol–water partition coefficient (Wildman–Crippen LogP) is 16.2. The molecule has 0 saturated carbocycles. The van der Waals surface area contributed by atoms with E-state index in [2.05, 4.69) is 243 Å². The lowest BCUT2D eigenvalue weighted by molar-refractivity contribution is 0.893. The van der Waals surface area contributed by atoms with Gasteiger partial charge >= 0.3 is 0 Å². The highest BCUT2D eigenvalue weighted by Crippen LogP contribution is 2.43. The molecule has 0 saturated heterocycles. The Morgan fingerprint density at radius 2 is 0.718 bits per heavy atom. The van der Waals surface area contributed by atoms with Gasteiger partial charge in [-0.25, -0.2) is 0 Å². The van der Waals surface area contributed by atoms with E-state index in [0.29, 0.717) is 17.7 Å². The van der Waals surface area contributed by atoms with E-state index in [0.717, 1.165) is 98.8 Å². The molecule has 0 unspecified atom stereocenters. The molecule has 0 amide bonds. The van der Waals surface area contributed by atoms with Gasteiger partial charge in [-0.05, 0) is 60.5 Å². The standard InChI is InChI=1S/C64H43N7/c1-2-3-4-5-20-41-68-54-29-16-12-25-46(54)50-37-38-51-48-27-14-18-31-56(48)70(59(51)58(50)68)63-65-62(44-35-33-43(34-36-44)42-21-8-6-9-22-42)66-64(67-63)71-57-32-19-15-28-49(57)53-40-39-52-47-26-13-17-30-55(47)69(60(52)61(53)71)45-23-10-7-11-24-45/h2-41H,1H3/b3-2-,5-4-,41-20+. The number of hydrogen-bond acceptors (Lipinski definition) is 3. The quantitative estimate of drug-likeness (QED) is 0.143. The summed E-state index contributed by atoms with van der Waals surface area (Å²) in [5.74, 6) is 1.61. The molecule has 7 heteroatoms. The molecule has 5 heterocycles. The van der Waals surface area contributed by atoms with Crippen molar-refractivity contribution in [1.29, 1.82) is 0 Å². The number of rotatable bonds is 8. The van der Waals surface area contributed by atoms with Crippen LogP contribution in [0, 0.1) is 0 Å². The zero-order chi connectivity index (χ0) is 47.0. The van der Waals surface area contributed by atoms with E-state index in [1.807, 2.05) is 25.1 Å². The second-order valence-corrected chi connectivity index (χ2v) is 18.0. The Balaban J connectivity index is 1.13. The second kappa shape index (κ2) is 16.3. The fraction of sp³-hybridized carbons (Fsp3) is 0.0156. The molecule has 0 spiro atoms. The lowest BCUT2D eigenvalue weighted by atomic mass is 10.0. The Morgan fingerprint density at radius 3 is 1.28 bits per heavy atom. The molecule has 7 nitrogen and oxygen atoms in total. The van der Waals surface area contributed by atoms with Crippen LogP contribution in [0.3, 0.4) is 0 Å². The van der Waals surface area contributed by atoms with E-state index in [1.54, 1.807) is 0 Å². The van der Waals surface area contributed by atoms with Crippen LogP contribution in [-0.4, -0.2) is 33.2 Å². The van der Waals surface area contributed by atoms with Crippen LogP contribution >= 0.6 is 0 Å². The summed E-state index contributed by atoms with van der Waals surface area (Å²) in [6, 6.07) is 73.4. The molecule has 9 aromatic carbocycles. The summed E-state index contributed by atoms with van der Waals surface area (Å²) in [6.45, 7) is 2.03. The first kappa shape index (κ1) is 40.5. The minimum Gasteiger partial charge on any atom is -0.314 e. The van der Waals surface area contributed by atoms with Crippen molar-refractivity contribution in [1.82, 2.24) is 33.2 Å². The van der Waals surface area contributed by atoms with Crippen LogP contribution in [0.1, 0.15) is 6.92 Å². The number of nitrogens with zero attached hydrogens (tertiary/aromatic N) is 7. The third-order valence-electron chi connectivity index (χ3n) is 14.0. The fourth-order valence-corrected chi connectivity index (χ4v) is 11.0. The van der Waals surface area contributed by atoms with Gasteiger partial charge in [-0.3, -0.25) is 9.13 Å². The molecule has 0 atom stereocenters. The van der Waals surface area contributed by atoms with Crippen LogP contribution < -0.4 is 0 Å². The van der Waals surface area contributed by atoms with E-state index in [1.165, 1.54) is 10.8 Å². The number of fused-ring (bicyclic) bond motifs is 14. The Labute approximate surface area is 408 Å². The maximum absolute atomic E-state index is 5.71. The number of benzene rings is 9. The van der Waals surface area contributed by atoms with Gasteiger partial charge in [0.1, 0.15) is 0 Å². The van der Waals surface area contributed by atoms with Crippen molar-refractivity contribution in [2.45, 2.75) is 6.92 Å². The van der Waals surface area contributed by atoms with Crippen molar-refractivity contribution in [3.8, 4) is 40.1 Å². The van der Waals surface area contributed by atoms with Gasteiger partial charge < -0.3 is 9.13 Å². The van der Waals surface area contributed by atoms with Crippen LogP contribution in [0.2, 0.25) is 0 Å². The van der Waals surface area contributed by atoms with Crippen LogP contribution in [-0.2, 0) is 0 Å². The zero-order valence-electron chi connectivity index (χ0n) is 38.7. The molecular weight excluding hydrogens is 867 g/mol. The van der Waals surface area contributed by atoms with Crippen molar-refractivity contribution >= 4 is 93.4 Å².